The van der Waals surface area contributed by atoms with Gasteiger partial charge in [-0.05, 0) is 136 Å². The molecule has 2 heterocycles. The molecule has 2 aromatic heterocycles. The quantitative estimate of drug-likeness (QED) is 0.170. The number of sulfonamides is 1. The number of halogens is 3. The van der Waals surface area contributed by atoms with E-state index in [1.807, 2.05) is 13.0 Å². The van der Waals surface area contributed by atoms with E-state index < -0.39 is 33.5 Å². The monoisotopic (exact) mass is 802 g/mol. The van der Waals surface area contributed by atoms with Gasteiger partial charge in [0.05, 0.1) is 57.5 Å². The highest BCUT2D eigenvalue weighted by Gasteiger charge is 2.33. The number of nitriles is 1. The number of hydrogen-bond donors (Lipinski definition) is 3. The molecule has 3 aromatic carbocycles. The Morgan fingerprint density at radius 3 is 2.26 bits per heavy atom. The van der Waals surface area contributed by atoms with Crippen molar-refractivity contribution >= 4 is 22.0 Å². The predicted octanol–water partition coefficient (Wildman–Crippen LogP) is 5.74. The van der Waals surface area contributed by atoms with Gasteiger partial charge in [0, 0.05) is 12.6 Å². The van der Waals surface area contributed by atoms with Crippen molar-refractivity contribution in [3.8, 4) is 28.8 Å². The van der Waals surface area contributed by atoms with E-state index in [2.05, 4.69) is 15.7 Å². The fourth-order valence-corrected chi connectivity index (χ4v) is 8.28. The van der Waals surface area contributed by atoms with E-state index in [-0.39, 0.29) is 46.3 Å². The van der Waals surface area contributed by atoms with E-state index in [1.54, 1.807) is 44.2 Å². The van der Waals surface area contributed by atoms with E-state index in [1.165, 1.54) is 36.0 Å². The Morgan fingerprint density at radius 2 is 1.63 bits per heavy atom. The molecule has 5 aromatic rings. The summed E-state index contributed by atoms with van der Waals surface area (Å²) in [7, 11) is -3.98. The van der Waals surface area contributed by atoms with Crippen LogP contribution in [0.1, 0.15) is 64.8 Å². The zero-order valence-electron chi connectivity index (χ0n) is 31.6. The highest BCUT2D eigenvalue weighted by molar-refractivity contribution is 7.89. The summed E-state index contributed by atoms with van der Waals surface area (Å²) in [5.41, 5.74) is 2.30. The van der Waals surface area contributed by atoms with Gasteiger partial charge in [0.15, 0.2) is 0 Å². The first-order chi connectivity index (χ1) is 26.9. The third-order valence-corrected chi connectivity index (χ3v) is 11.8. The van der Waals surface area contributed by atoms with Gasteiger partial charge in [-0.25, -0.2) is 32.4 Å². The van der Waals surface area contributed by atoms with Gasteiger partial charge in [0.2, 0.25) is 15.9 Å². The summed E-state index contributed by atoms with van der Waals surface area (Å²) in [4.78, 5) is 41.3. The number of carbonyl (C=O) groups is 2. The van der Waals surface area contributed by atoms with Crippen molar-refractivity contribution < 1.29 is 31.2 Å². The molecular weight excluding hydrogens is 762 g/mol. The normalized spacial score (nSPS) is 15.9. The molecule has 17 heteroatoms. The van der Waals surface area contributed by atoms with Gasteiger partial charge < -0.3 is 10.6 Å². The third kappa shape index (κ3) is 8.42. The molecule has 4 N–H and O–H groups in total. The number of alkyl halides is 3. The summed E-state index contributed by atoms with van der Waals surface area (Å²) in [5, 5.41) is 25.0. The van der Waals surface area contributed by atoms with Gasteiger partial charge in [-0.15, -0.1) is 0 Å². The Labute approximate surface area is 327 Å². The summed E-state index contributed by atoms with van der Waals surface area (Å²) in [6.45, 7) is 7.20. The number of carbonyl (C=O) groups excluding carboxylic acids is 2. The Morgan fingerprint density at radius 1 is 0.947 bits per heavy atom. The van der Waals surface area contributed by atoms with Crippen molar-refractivity contribution in [1.82, 2.24) is 29.5 Å². The number of amides is 2. The molecule has 0 unspecified atom stereocenters. The van der Waals surface area contributed by atoms with E-state index in [9.17, 15) is 41.2 Å². The highest BCUT2D eigenvalue weighted by Crippen LogP contribution is 2.33. The summed E-state index contributed by atoms with van der Waals surface area (Å²) >= 11 is 0. The molecule has 1 saturated carbocycles. The summed E-state index contributed by atoms with van der Waals surface area (Å²) in [6, 6.07) is 14.7. The van der Waals surface area contributed by atoms with Crippen LogP contribution in [0.3, 0.4) is 0 Å². The molecule has 1 aliphatic rings. The number of nitrogens with zero attached hydrogens (tertiary/aromatic N) is 5. The van der Waals surface area contributed by atoms with Crippen molar-refractivity contribution in [1.29, 1.82) is 5.26 Å². The van der Waals surface area contributed by atoms with Crippen molar-refractivity contribution in [2.45, 2.75) is 76.9 Å². The number of hydrogen-bond acceptors (Lipinski definition) is 7. The largest absolute Gasteiger partial charge is 0.416 e. The molecule has 0 spiro atoms. The van der Waals surface area contributed by atoms with Crippen LogP contribution in [-0.2, 0) is 27.4 Å². The van der Waals surface area contributed by atoms with Crippen LogP contribution >= 0.6 is 0 Å². The van der Waals surface area contributed by atoms with Crippen LogP contribution in [0.5, 0.6) is 0 Å². The lowest BCUT2D eigenvalue weighted by molar-refractivity contribution is -0.137. The van der Waals surface area contributed by atoms with Crippen LogP contribution in [-0.4, -0.2) is 51.9 Å². The van der Waals surface area contributed by atoms with E-state index in [0.717, 1.165) is 32.4 Å². The Bertz CT molecular complexity index is 2580. The first-order valence-electron chi connectivity index (χ1n) is 18.2. The number of nitrogens with two attached hydrogens (primary N) is 1. The summed E-state index contributed by atoms with van der Waals surface area (Å²) < 4.78 is 68.9. The number of imidazole rings is 1. The van der Waals surface area contributed by atoms with Gasteiger partial charge in [0.1, 0.15) is 5.69 Å². The molecular formula is C40H41F3N8O5S. The molecule has 6 rings (SSSR count). The minimum atomic E-state index is -4.68. The van der Waals surface area contributed by atoms with Crippen molar-refractivity contribution in [3.05, 3.63) is 116 Å². The van der Waals surface area contributed by atoms with Crippen LogP contribution in [0.25, 0.3) is 22.8 Å². The van der Waals surface area contributed by atoms with E-state index >= 15 is 0 Å². The van der Waals surface area contributed by atoms with Gasteiger partial charge in [-0.2, -0.15) is 23.5 Å². The lowest BCUT2D eigenvalue weighted by Gasteiger charge is -2.29. The Balaban J connectivity index is 1.21. The van der Waals surface area contributed by atoms with Gasteiger partial charge >= 0.3 is 17.9 Å². The molecule has 0 saturated heterocycles. The summed E-state index contributed by atoms with van der Waals surface area (Å²) in [5.74, 6) is -0.183. The lowest BCUT2D eigenvalue weighted by atomic mass is 9.86. The topological polar surface area (TPSA) is 187 Å². The average Bonchev–Trinajstić information content (AvgIpc) is 3.75. The zero-order chi connectivity index (χ0) is 41.4. The van der Waals surface area contributed by atoms with Crippen molar-refractivity contribution in [2.24, 2.45) is 11.1 Å². The molecule has 57 heavy (non-hydrogen) atoms. The van der Waals surface area contributed by atoms with Gasteiger partial charge in [-0.1, -0.05) is 6.07 Å². The van der Waals surface area contributed by atoms with Gasteiger partial charge in [-0.3, -0.25) is 9.36 Å². The first kappa shape index (κ1) is 40.7. The average molecular weight is 803 g/mol. The molecule has 13 nitrogen and oxygen atoms in total. The molecule has 0 radical (unpaired) electrons. The fraction of sp³-hybridized carbons (Fsp3) is 0.325. The molecule has 2 amide bonds. The standard InChI is InChI=1S/C40H41F3N8O5S/c1-23-24(2)29(18-35(25(23)3)57(45,55)56)19-36(52)46-22-28-8-12-31(13-9-28)48-38(53)50-37(34-16-17-47-51(34)32-14-10-27(21-44)11-15-32)26(4)49(39(50)54)33-7-5-6-30(20-33)40(41,42)43/h5-7,10-11,14-18,20,28,31H,8-9,12-13,19,22H2,1-4H3,(H,46,52)(H,48,53)(H2,45,55,56). The Kier molecular flexibility index (Phi) is 11.3. The minimum Gasteiger partial charge on any atom is -0.356 e. The van der Waals surface area contributed by atoms with E-state index in [0.29, 0.717) is 60.3 Å². The number of rotatable bonds is 9. The second-order valence-corrected chi connectivity index (χ2v) is 15.9. The summed E-state index contributed by atoms with van der Waals surface area (Å²) in [6.07, 6.45) is -0.900. The number of nitrogens with one attached hydrogen (secondary N) is 2. The second kappa shape index (κ2) is 15.9. The van der Waals surface area contributed by atoms with Crippen molar-refractivity contribution in [3.63, 3.8) is 0 Å². The number of benzene rings is 3. The number of primary sulfonamides is 1. The maximum absolute atomic E-state index is 14.2. The molecule has 0 bridgehead atoms. The fourth-order valence-electron chi connectivity index (χ4n) is 7.39. The third-order valence-electron chi connectivity index (χ3n) is 10.7. The molecule has 1 aliphatic carbocycles. The molecule has 1 fully saturated rings. The number of aromatic nitrogens is 4. The van der Waals surface area contributed by atoms with Crippen molar-refractivity contribution in [2.75, 3.05) is 6.54 Å². The Hall–Kier alpha value is -5.99. The van der Waals surface area contributed by atoms with Crippen LogP contribution in [0.15, 0.2) is 76.6 Å². The molecule has 0 aliphatic heterocycles. The SMILES string of the molecule is Cc1c(CC(=O)NCC2CCC(NC(=O)n3c(-c4ccnn4-c4ccc(C#N)cc4)c(C)n(-c4cccc(C(F)(F)F)c4)c3=O)CC2)cc(S(N)(=O)=O)c(C)c1C. The smallest absolute Gasteiger partial charge is 0.356 e. The highest BCUT2D eigenvalue weighted by atomic mass is 32.2. The first-order valence-corrected chi connectivity index (χ1v) is 19.7. The minimum absolute atomic E-state index is 0.0116. The maximum Gasteiger partial charge on any atom is 0.416 e. The van der Waals surface area contributed by atoms with Crippen LogP contribution in [0.2, 0.25) is 0 Å². The van der Waals surface area contributed by atoms with Crippen LogP contribution in [0, 0.1) is 44.9 Å². The van der Waals surface area contributed by atoms with Crippen LogP contribution < -0.4 is 21.5 Å². The predicted molar refractivity (Wildman–Crippen MR) is 205 cm³/mol. The van der Waals surface area contributed by atoms with Gasteiger partial charge in [0.25, 0.3) is 0 Å². The molecule has 0 atom stereocenters. The molecule has 298 valence electrons. The second-order valence-electron chi connectivity index (χ2n) is 14.3. The maximum atomic E-state index is 14.2. The zero-order valence-corrected chi connectivity index (χ0v) is 32.5. The van der Waals surface area contributed by atoms with Crippen LogP contribution in [0.4, 0.5) is 18.0 Å². The lowest BCUT2D eigenvalue weighted by Crippen LogP contribution is -2.44. The van der Waals surface area contributed by atoms with E-state index in [4.69, 9.17) is 5.14 Å².